The van der Waals surface area contributed by atoms with Gasteiger partial charge in [0.2, 0.25) is 0 Å². The van der Waals surface area contributed by atoms with Gasteiger partial charge in [-0.15, -0.1) is 0 Å². The van der Waals surface area contributed by atoms with Crippen molar-refractivity contribution in [3.8, 4) is 0 Å². The van der Waals surface area contributed by atoms with Gasteiger partial charge in [-0.1, -0.05) is 12.1 Å². The number of nitrogens with one attached hydrogen (secondary N) is 1. The lowest BCUT2D eigenvalue weighted by Gasteiger charge is -2.17. The molecule has 21 heavy (non-hydrogen) atoms. The second-order valence-electron chi connectivity index (χ2n) is 5.11. The van der Waals surface area contributed by atoms with Crippen molar-refractivity contribution in [3.63, 3.8) is 0 Å². The third kappa shape index (κ3) is 2.78. The molecule has 1 N–H and O–H groups in total. The Balaban J connectivity index is 1.86. The van der Waals surface area contributed by atoms with E-state index in [0.29, 0.717) is 0 Å². The van der Waals surface area contributed by atoms with Gasteiger partial charge in [0.15, 0.2) is 0 Å². The van der Waals surface area contributed by atoms with E-state index in [9.17, 15) is 0 Å². The van der Waals surface area contributed by atoms with Crippen LogP contribution in [0.2, 0.25) is 0 Å². The van der Waals surface area contributed by atoms with Gasteiger partial charge in [0.25, 0.3) is 0 Å². The van der Waals surface area contributed by atoms with Crippen LogP contribution in [-0.4, -0.2) is 26.6 Å². The third-order valence-electron chi connectivity index (χ3n) is 3.83. The van der Waals surface area contributed by atoms with E-state index >= 15 is 0 Å². The van der Waals surface area contributed by atoms with Gasteiger partial charge in [0.05, 0.1) is 11.0 Å². The molecule has 0 saturated heterocycles. The van der Waals surface area contributed by atoms with Crippen molar-refractivity contribution in [2.75, 3.05) is 7.05 Å². The van der Waals surface area contributed by atoms with Crippen molar-refractivity contribution in [1.29, 1.82) is 0 Å². The van der Waals surface area contributed by atoms with E-state index in [-0.39, 0.29) is 6.04 Å². The smallest absolute Gasteiger partial charge is 0.108 e. The molecule has 0 amide bonds. The molecule has 3 aromatic rings. The molecule has 0 aliphatic rings. The van der Waals surface area contributed by atoms with Gasteiger partial charge in [-0.05, 0) is 25.1 Å². The fraction of sp³-hybridized carbons (Fsp3) is 0.312. The van der Waals surface area contributed by atoms with Crippen LogP contribution in [-0.2, 0) is 13.5 Å². The molecule has 0 aliphatic heterocycles. The topological polar surface area (TPSA) is 55.6 Å². The molecule has 2 aromatic heterocycles. The number of hydrogen-bond acceptors (Lipinski definition) is 4. The van der Waals surface area contributed by atoms with Crippen LogP contribution >= 0.6 is 0 Å². The number of benzene rings is 1. The minimum absolute atomic E-state index is 0.238. The Morgan fingerprint density at radius 3 is 2.76 bits per heavy atom. The van der Waals surface area contributed by atoms with Crippen LogP contribution in [0.1, 0.15) is 23.9 Å². The molecule has 1 unspecified atom stereocenters. The number of nitrogens with zero attached hydrogens (tertiary/aromatic N) is 4. The van der Waals surface area contributed by atoms with Crippen LogP contribution in [0, 0.1) is 0 Å². The van der Waals surface area contributed by atoms with Gasteiger partial charge in [0, 0.05) is 44.3 Å². The lowest BCUT2D eigenvalue weighted by Crippen LogP contribution is -2.18. The highest BCUT2D eigenvalue weighted by Gasteiger charge is 2.14. The summed E-state index contributed by atoms with van der Waals surface area (Å²) >= 11 is 0. The maximum Gasteiger partial charge on any atom is 0.108 e. The van der Waals surface area contributed by atoms with Gasteiger partial charge in [0.1, 0.15) is 5.82 Å². The minimum atomic E-state index is 0.238. The standard InChI is InChI=1S/C16H19N5/c1-17-13(6-7-15-19-10-11-21(15)2)12-4-3-5-14-16(12)20-9-8-18-14/h3-5,8-11,13,17H,6-7H2,1-2H3. The van der Waals surface area contributed by atoms with Crippen molar-refractivity contribution < 1.29 is 0 Å². The van der Waals surface area contributed by atoms with Gasteiger partial charge in [-0.2, -0.15) is 0 Å². The Morgan fingerprint density at radius 1 is 1.14 bits per heavy atom. The first-order valence-corrected chi connectivity index (χ1v) is 7.12. The van der Waals surface area contributed by atoms with Gasteiger partial charge >= 0.3 is 0 Å². The molecule has 108 valence electrons. The summed E-state index contributed by atoms with van der Waals surface area (Å²) in [7, 11) is 4.01. The molecule has 0 aliphatic carbocycles. The molecule has 0 bridgehead atoms. The van der Waals surface area contributed by atoms with Gasteiger partial charge in [-0.3, -0.25) is 9.97 Å². The molecule has 0 fully saturated rings. The van der Waals surface area contributed by atoms with Crippen LogP contribution in [0.15, 0.2) is 43.0 Å². The number of aromatic nitrogens is 4. The first-order chi connectivity index (χ1) is 10.3. The number of para-hydroxylation sites is 1. The Hall–Kier alpha value is -2.27. The summed E-state index contributed by atoms with van der Waals surface area (Å²) in [4.78, 5) is 13.3. The van der Waals surface area contributed by atoms with E-state index in [4.69, 9.17) is 0 Å². The molecule has 0 radical (unpaired) electrons. The maximum atomic E-state index is 4.49. The first-order valence-electron chi connectivity index (χ1n) is 7.12. The van der Waals surface area contributed by atoms with Crippen molar-refractivity contribution in [2.24, 2.45) is 7.05 Å². The van der Waals surface area contributed by atoms with Crippen molar-refractivity contribution in [1.82, 2.24) is 24.8 Å². The highest BCUT2D eigenvalue weighted by atomic mass is 15.0. The summed E-state index contributed by atoms with van der Waals surface area (Å²) in [5, 5.41) is 3.39. The molecule has 3 rings (SSSR count). The molecule has 2 heterocycles. The lowest BCUT2D eigenvalue weighted by atomic mass is 10.00. The highest BCUT2D eigenvalue weighted by Crippen LogP contribution is 2.24. The van der Waals surface area contributed by atoms with E-state index in [0.717, 1.165) is 29.7 Å². The van der Waals surface area contributed by atoms with E-state index < -0.39 is 0 Å². The van der Waals surface area contributed by atoms with Gasteiger partial charge in [-0.25, -0.2) is 4.98 Å². The van der Waals surface area contributed by atoms with Crippen LogP contribution in [0.25, 0.3) is 11.0 Å². The number of fused-ring (bicyclic) bond motifs is 1. The second-order valence-corrected chi connectivity index (χ2v) is 5.11. The molecule has 0 saturated carbocycles. The SMILES string of the molecule is CNC(CCc1nccn1C)c1cccc2nccnc12. The predicted molar refractivity (Wildman–Crippen MR) is 82.9 cm³/mol. The van der Waals surface area contributed by atoms with Crippen molar-refractivity contribution in [3.05, 3.63) is 54.4 Å². The summed E-state index contributed by atoms with van der Waals surface area (Å²) in [5.41, 5.74) is 3.10. The summed E-state index contributed by atoms with van der Waals surface area (Å²) < 4.78 is 2.07. The van der Waals surface area contributed by atoms with Crippen molar-refractivity contribution >= 4 is 11.0 Å². The van der Waals surface area contributed by atoms with E-state index in [2.05, 4.69) is 30.9 Å². The minimum Gasteiger partial charge on any atom is -0.338 e. The maximum absolute atomic E-state index is 4.49. The van der Waals surface area contributed by atoms with Crippen LogP contribution in [0.3, 0.4) is 0 Å². The van der Waals surface area contributed by atoms with E-state index in [1.165, 1.54) is 5.56 Å². The Bertz CT molecular complexity index is 729. The quantitative estimate of drug-likeness (QED) is 0.779. The average Bonchev–Trinajstić information content (AvgIpc) is 2.93. The van der Waals surface area contributed by atoms with Crippen LogP contribution in [0.5, 0.6) is 0 Å². The van der Waals surface area contributed by atoms with Gasteiger partial charge < -0.3 is 9.88 Å². The number of imidazole rings is 1. The molecule has 5 nitrogen and oxygen atoms in total. The number of aryl methyl sites for hydroxylation is 2. The zero-order chi connectivity index (χ0) is 14.7. The molecule has 1 atom stereocenters. The Kier molecular flexibility index (Phi) is 3.92. The molecular weight excluding hydrogens is 262 g/mol. The Morgan fingerprint density at radius 2 is 2.00 bits per heavy atom. The monoisotopic (exact) mass is 281 g/mol. The molecule has 5 heteroatoms. The summed E-state index contributed by atoms with van der Waals surface area (Å²) in [6.07, 6.45) is 9.19. The Labute approximate surface area is 124 Å². The molecular formula is C16H19N5. The zero-order valence-corrected chi connectivity index (χ0v) is 12.3. The fourth-order valence-electron chi connectivity index (χ4n) is 2.66. The summed E-state index contributed by atoms with van der Waals surface area (Å²) in [6.45, 7) is 0. The largest absolute Gasteiger partial charge is 0.338 e. The van der Waals surface area contributed by atoms with Crippen LogP contribution < -0.4 is 5.32 Å². The van der Waals surface area contributed by atoms with Crippen molar-refractivity contribution in [2.45, 2.75) is 18.9 Å². The number of hydrogen-bond donors (Lipinski definition) is 1. The predicted octanol–water partition coefficient (Wildman–Crippen LogP) is 2.26. The number of rotatable bonds is 5. The third-order valence-corrected chi connectivity index (χ3v) is 3.83. The second kappa shape index (κ2) is 6.01. The fourth-order valence-corrected chi connectivity index (χ4v) is 2.66. The summed E-state index contributed by atoms with van der Waals surface area (Å²) in [5.74, 6) is 1.10. The first kappa shape index (κ1) is 13.7. The molecule has 0 spiro atoms. The average molecular weight is 281 g/mol. The van der Waals surface area contributed by atoms with E-state index in [1.807, 2.05) is 38.6 Å². The van der Waals surface area contributed by atoms with Crippen LogP contribution in [0.4, 0.5) is 0 Å². The lowest BCUT2D eigenvalue weighted by molar-refractivity contribution is 0.538. The normalized spacial score (nSPS) is 12.7. The zero-order valence-electron chi connectivity index (χ0n) is 12.3. The van der Waals surface area contributed by atoms with E-state index in [1.54, 1.807) is 12.4 Å². The summed E-state index contributed by atoms with van der Waals surface area (Å²) in [6, 6.07) is 6.40. The molecule has 1 aromatic carbocycles. The highest BCUT2D eigenvalue weighted by molar-refractivity contribution is 5.78.